The lowest BCUT2D eigenvalue weighted by molar-refractivity contribution is 0.0696. The Bertz CT molecular complexity index is 1020. The van der Waals surface area contributed by atoms with Gasteiger partial charge in [-0.05, 0) is 34.7 Å². The number of ketones is 1. The minimum Gasteiger partial charge on any atom is -0.478 e. The maximum Gasteiger partial charge on any atom is 0.337 e. The second-order valence-electron chi connectivity index (χ2n) is 5.35. The van der Waals surface area contributed by atoms with E-state index in [-0.39, 0.29) is 22.3 Å². The van der Waals surface area contributed by atoms with Crippen molar-refractivity contribution in [2.75, 3.05) is 5.75 Å². The summed E-state index contributed by atoms with van der Waals surface area (Å²) in [6, 6.07) is 12.3. The van der Waals surface area contributed by atoms with E-state index in [1.807, 2.05) is 0 Å². The molecule has 0 aliphatic carbocycles. The Hall–Kier alpha value is -3.53. The zero-order valence-electron chi connectivity index (χ0n) is 13.8. The number of carbonyl (C=O) groups excluding carboxylic acids is 2. The van der Waals surface area contributed by atoms with Crippen LogP contribution >= 0.6 is 11.8 Å². The third-order valence-corrected chi connectivity index (χ3v) is 4.55. The van der Waals surface area contributed by atoms with Gasteiger partial charge in [0, 0.05) is 11.1 Å². The fourth-order valence-electron chi connectivity index (χ4n) is 2.29. The van der Waals surface area contributed by atoms with Crippen LogP contribution in [-0.4, -0.2) is 48.7 Å². The number of thioether (sulfide) groups is 1. The molecule has 3 rings (SSSR count). The first-order valence-electron chi connectivity index (χ1n) is 7.64. The molecule has 1 aromatic heterocycles. The van der Waals surface area contributed by atoms with E-state index in [0.717, 1.165) is 11.8 Å². The largest absolute Gasteiger partial charge is 0.478 e. The van der Waals surface area contributed by atoms with Crippen molar-refractivity contribution < 1.29 is 19.5 Å². The van der Waals surface area contributed by atoms with E-state index in [0.29, 0.717) is 16.8 Å². The van der Waals surface area contributed by atoms with E-state index in [2.05, 4.69) is 15.5 Å². The van der Waals surface area contributed by atoms with Crippen LogP contribution < -0.4 is 5.73 Å². The highest BCUT2D eigenvalue weighted by atomic mass is 32.2. The van der Waals surface area contributed by atoms with Crippen LogP contribution in [0.15, 0.2) is 53.7 Å². The van der Waals surface area contributed by atoms with E-state index >= 15 is 0 Å². The standard InChI is InChI=1S/C17H13N5O4S/c18-15(24)11-7-5-10(6-8-11)14(23)9-27-17-19-20-21-22(17)13-4-2-1-3-12(13)16(25)26/h1-8H,9H2,(H2,18,24)(H,25,26). The van der Waals surface area contributed by atoms with Gasteiger partial charge in [-0.1, -0.05) is 36.0 Å². The lowest BCUT2D eigenvalue weighted by Crippen LogP contribution is -2.11. The third kappa shape index (κ3) is 4.01. The molecular formula is C17H13N5O4S. The highest BCUT2D eigenvalue weighted by Crippen LogP contribution is 2.22. The number of benzene rings is 2. The number of carboxylic acid groups (broad SMARTS) is 1. The molecule has 0 atom stereocenters. The molecule has 1 heterocycles. The Kier molecular flexibility index (Phi) is 5.27. The minimum absolute atomic E-state index is 0.0333. The SMILES string of the molecule is NC(=O)c1ccc(C(=O)CSc2nnnn2-c2ccccc2C(=O)O)cc1. The van der Waals surface area contributed by atoms with Gasteiger partial charge in [0.25, 0.3) is 0 Å². The van der Waals surface area contributed by atoms with Crippen molar-refractivity contribution in [3.8, 4) is 5.69 Å². The number of carboxylic acids is 1. The van der Waals surface area contributed by atoms with Crippen LogP contribution in [0.25, 0.3) is 5.69 Å². The Balaban J connectivity index is 1.77. The molecule has 1 amide bonds. The summed E-state index contributed by atoms with van der Waals surface area (Å²) in [5.74, 6) is -1.84. The van der Waals surface area contributed by atoms with Crippen LogP contribution in [-0.2, 0) is 0 Å². The molecule has 0 aliphatic rings. The van der Waals surface area contributed by atoms with E-state index in [9.17, 15) is 19.5 Å². The van der Waals surface area contributed by atoms with Gasteiger partial charge in [0.1, 0.15) is 0 Å². The van der Waals surface area contributed by atoms with Gasteiger partial charge in [0.15, 0.2) is 5.78 Å². The number of rotatable bonds is 7. The van der Waals surface area contributed by atoms with Crippen molar-refractivity contribution in [2.24, 2.45) is 5.73 Å². The number of primary amides is 1. The summed E-state index contributed by atoms with van der Waals surface area (Å²) in [5.41, 5.74) is 6.24. The molecule has 0 aliphatic heterocycles. The number of carbonyl (C=O) groups is 3. The summed E-state index contributed by atoms with van der Waals surface area (Å²) in [4.78, 5) is 34.8. The molecule has 0 spiro atoms. The van der Waals surface area contributed by atoms with Crippen molar-refractivity contribution in [3.63, 3.8) is 0 Å². The highest BCUT2D eigenvalue weighted by molar-refractivity contribution is 7.99. The zero-order valence-corrected chi connectivity index (χ0v) is 14.6. The number of aromatic carboxylic acids is 1. The van der Waals surface area contributed by atoms with Crippen LogP contribution in [0.1, 0.15) is 31.1 Å². The number of hydrogen-bond donors (Lipinski definition) is 2. The maximum atomic E-state index is 12.3. The van der Waals surface area contributed by atoms with Crippen LogP contribution in [0.4, 0.5) is 0 Å². The molecule has 27 heavy (non-hydrogen) atoms. The Morgan fingerprint density at radius 3 is 2.37 bits per heavy atom. The van der Waals surface area contributed by atoms with E-state index < -0.39 is 11.9 Å². The Labute approximate surface area is 157 Å². The predicted octanol–water partition coefficient (Wildman–Crippen LogP) is 1.43. The molecule has 0 saturated carbocycles. The number of hydrogen-bond acceptors (Lipinski definition) is 7. The monoisotopic (exact) mass is 383 g/mol. The molecule has 3 N–H and O–H groups in total. The molecule has 0 unspecified atom stereocenters. The number of nitrogens with zero attached hydrogens (tertiary/aromatic N) is 4. The first kappa shape index (κ1) is 18.3. The summed E-state index contributed by atoms with van der Waals surface area (Å²) in [6.45, 7) is 0. The van der Waals surface area contributed by atoms with Gasteiger partial charge in [-0.2, -0.15) is 4.68 Å². The van der Waals surface area contributed by atoms with Crippen molar-refractivity contribution in [1.82, 2.24) is 20.2 Å². The Morgan fingerprint density at radius 2 is 1.70 bits per heavy atom. The third-order valence-electron chi connectivity index (χ3n) is 3.63. The van der Waals surface area contributed by atoms with Crippen LogP contribution in [0, 0.1) is 0 Å². The van der Waals surface area contributed by atoms with E-state index in [1.54, 1.807) is 18.2 Å². The zero-order chi connectivity index (χ0) is 19.4. The molecule has 0 saturated heterocycles. The Morgan fingerprint density at radius 1 is 1.04 bits per heavy atom. The molecule has 0 bridgehead atoms. The fourth-order valence-corrected chi connectivity index (χ4v) is 3.07. The summed E-state index contributed by atoms with van der Waals surface area (Å²) in [5, 5.41) is 20.8. The lowest BCUT2D eigenvalue weighted by atomic mass is 10.1. The highest BCUT2D eigenvalue weighted by Gasteiger charge is 2.17. The minimum atomic E-state index is -1.11. The average molecular weight is 383 g/mol. The predicted molar refractivity (Wildman–Crippen MR) is 96.1 cm³/mol. The fraction of sp³-hybridized carbons (Fsp3) is 0.0588. The molecule has 10 heteroatoms. The molecule has 0 radical (unpaired) electrons. The second kappa shape index (κ2) is 7.79. The van der Waals surface area contributed by atoms with Crippen molar-refractivity contribution in [2.45, 2.75) is 5.16 Å². The number of Topliss-reactive ketones (excluding diaryl/α,β-unsaturated/α-hetero) is 1. The molecule has 9 nitrogen and oxygen atoms in total. The smallest absolute Gasteiger partial charge is 0.337 e. The van der Waals surface area contributed by atoms with Gasteiger partial charge < -0.3 is 10.8 Å². The molecule has 3 aromatic rings. The van der Waals surface area contributed by atoms with Crippen LogP contribution in [0.2, 0.25) is 0 Å². The summed E-state index contributed by atoms with van der Waals surface area (Å²) < 4.78 is 1.28. The number of aromatic nitrogens is 4. The number of nitrogens with two attached hydrogens (primary N) is 1. The van der Waals surface area contributed by atoms with Crippen molar-refractivity contribution >= 4 is 29.4 Å². The van der Waals surface area contributed by atoms with E-state index in [4.69, 9.17) is 5.73 Å². The first-order valence-corrected chi connectivity index (χ1v) is 8.63. The summed E-state index contributed by atoms with van der Waals surface area (Å²) in [6.07, 6.45) is 0. The normalized spacial score (nSPS) is 10.5. The summed E-state index contributed by atoms with van der Waals surface area (Å²) in [7, 11) is 0. The van der Waals surface area contributed by atoms with Gasteiger partial charge in [-0.15, -0.1) is 5.10 Å². The quantitative estimate of drug-likeness (QED) is 0.461. The number of para-hydroxylation sites is 1. The lowest BCUT2D eigenvalue weighted by Gasteiger charge is -2.07. The number of amides is 1. The van der Waals surface area contributed by atoms with Gasteiger partial charge in [-0.3, -0.25) is 9.59 Å². The molecular weight excluding hydrogens is 370 g/mol. The topological polar surface area (TPSA) is 141 Å². The second-order valence-corrected chi connectivity index (χ2v) is 6.29. The van der Waals surface area contributed by atoms with Gasteiger partial charge in [0.2, 0.25) is 11.1 Å². The van der Waals surface area contributed by atoms with Crippen LogP contribution in [0.3, 0.4) is 0 Å². The first-order chi connectivity index (χ1) is 13.0. The van der Waals surface area contributed by atoms with Gasteiger partial charge in [-0.25, -0.2) is 4.79 Å². The average Bonchev–Trinajstić information content (AvgIpc) is 3.14. The molecule has 136 valence electrons. The van der Waals surface area contributed by atoms with Crippen molar-refractivity contribution in [1.29, 1.82) is 0 Å². The molecule has 0 fully saturated rings. The van der Waals surface area contributed by atoms with Gasteiger partial charge >= 0.3 is 5.97 Å². The summed E-state index contributed by atoms with van der Waals surface area (Å²) >= 11 is 1.08. The molecule has 2 aromatic carbocycles. The van der Waals surface area contributed by atoms with Crippen LogP contribution in [0.5, 0.6) is 0 Å². The van der Waals surface area contributed by atoms with E-state index in [1.165, 1.54) is 35.0 Å². The van der Waals surface area contributed by atoms with Crippen molar-refractivity contribution in [3.05, 3.63) is 65.2 Å². The number of tetrazole rings is 1. The van der Waals surface area contributed by atoms with Gasteiger partial charge in [0.05, 0.1) is 17.0 Å². The maximum absolute atomic E-state index is 12.3.